The number of benzene rings is 1. The van der Waals surface area contributed by atoms with Gasteiger partial charge in [0.25, 0.3) is 0 Å². The monoisotopic (exact) mass is 204 g/mol. The zero-order valence-electron chi connectivity index (χ0n) is 8.95. The lowest BCUT2D eigenvalue weighted by Gasteiger charge is -2.17. The molecule has 0 atom stereocenters. The van der Waals surface area contributed by atoms with Crippen LogP contribution >= 0.6 is 0 Å². The van der Waals surface area contributed by atoms with E-state index in [9.17, 15) is 4.79 Å². The third-order valence-electron chi connectivity index (χ3n) is 2.25. The van der Waals surface area contributed by atoms with Crippen molar-refractivity contribution in [2.75, 3.05) is 0 Å². The molecule has 1 aromatic rings. The molecule has 0 radical (unpaired) electrons. The lowest BCUT2D eigenvalue weighted by molar-refractivity contribution is -0.112. The van der Waals surface area contributed by atoms with Gasteiger partial charge in [0.15, 0.2) is 5.78 Å². The summed E-state index contributed by atoms with van der Waals surface area (Å²) in [4.78, 5) is 10.9. The van der Waals surface area contributed by atoms with Gasteiger partial charge in [0.2, 0.25) is 0 Å². The minimum Gasteiger partial charge on any atom is -0.295 e. The maximum absolute atomic E-state index is 10.9. The molecule has 0 unspecified atom stereocenters. The fourth-order valence-corrected chi connectivity index (χ4v) is 3.19. The molecule has 74 valence electrons. The fraction of sp³-hybridized carbons (Fsp3) is 0.250. The maximum Gasteiger partial charge on any atom is 0.151 e. The number of carbonyl (C=O) groups excluding carboxylic acids is 1. The third kappa shape index (κ3) is 2.96. The lowest BCUT2D eigenvalue weighted by atomic mass is 10.4. The van der Waals surface area contributed by atoms with Crippen LogP contribution in [0.1, 0.15) is 6.92 Å². The third-order valence-corrected chi connectivity index (χ3v) is 5.07. The van der Waals surface area contributed by atoms with Gasteiger partial charge in [-0.3, -0.25) is 4.79 Å². The summed E-state index contributed by atoms with van der Waals surface area (Å²) in [6.07, 6.45) is 1.69. The number of rotatable bonds is 3. The highest BCUT2D eigenvalue weighted by atomic mass is 28.3. The molecule has 1 aromatic carbocycles. The van der Waals surface area contributed by atoms with Crippen molar-refractivity contribution in [1.82, 2.24) is 0 Å². The van der Waals surface area contributed by atoms with Gasteiger partial charge in [-0.05, 0) is 13.0 Å². The van der Waals surface area contributed by atoms with Gasteiger partial charge in [0, 0.05) is 0 Å². The van der Waals surface area contributed by atoms with E-state index in [2.05, 4.69) is 30.9 Å². The largest absolute Gasteiger partial charge is 0.295 e. The molecule has 0 saturated heterocycles. The molecular weight excluding hydrogens is 188 g/mol. The molecule has 1 rings (SSSR count). The highest BCUT2D eigenvalue weighted by Gasteiger charge is 2.18. The van der Waals surface area contributed by atoms with E-state index < -0.39 is 8.07 Å². The van der Waals surface area contributed by atoms with Crippen molar-refractivity contribution in [1.29, 1.82) is 0 Å². The Balaban J connectivity index is 2.91. The SMILES string of the molecule is CC(=O)C=C[Si](C)(C)c1ccccc1. The number of carbonyl (C=O) groups is 1. The molecule has 0 bridgehead atoms. The minimum atomic E-state index is -1.54. The summed E-state index contributed by atoms with van der Waals surface area (Å²) in [6, 6.07) is 10.4. The zero-order chi connectivity index (χ0) is 10.6. The Labute approximate surface area is 86.5 Å². The fourth-order valence-electron chi connectivity index (χ4n) is 1.29. The Bertz CT molecular complexity index is 339. The van der Waals surface area contributed by atoms with Gasteiger partial charge in [-0.2, -0.15) is 0 Å². The van der Waals surface area contributed by atoms with Crippen molar-refractivity contribution < 1.29 is 4.79 Å². The van der Waals surface area contributed by atoms with E-state index in [0.717, 1.165) is 0 Å². The van der Waals surface area contributed by atoms with Crippen LogP contribution in [0, 0.1) is 0 Å². The molecule has 0 aromatic heterocycles. The number of hydrogen-bond acceptors (Lipinski definition) is 1. The molecule has 0 fully saturated rings. The molecule has 14 heavy (non-hydrogen) atoms. The molecule has 1 nitrogen and oxygen atoms in total. The molecule has 0 aliphatic carbocycles. The Kier molecular flexibility index (Phi) is 3.41. The first kappa shape index (κ1) is 10.9. The van der Waals surface area contributed by atoms with E-state index in [1.807, 2.05) is 18.2 Å². The van der Waals surface area contributed by atoms with Crippen LogP contribution in [0.3, 0.4) is 0 Å². The molecule has 0 saturated carbocycles. The van der Waals surface area contributed by atoms with Crippen LogP contribution in [-0.4, -0.2) is 13.9 Å². The topological polar surface area (TPSA) is 17.1 Å². The van der Waals surface area contributed by atoms with Crippen molar-refractivity contribution in [2.24, 2.45) is 0 Å². The second kappa shape index (κ2) is 4.38. The summed E-state index contributed by atoms with van der Waals surface area (Å²) in [5.74, 6) is 0.126. The lowest BCUT2D eigenvalue weighted by Crippen LogP contribution is -2.39. The standard InChI is InChI=1S/C12H16OSi/c1-11(13)9-10-14(2,3)12-7-5-4-6-8-12/h4-10H,1-3H3. The minimum absolute atomic E-state index is 0.126. The molecule has 0 amide bonds. The maximum atomic E-state index is 10.9. The van der Waals surface area contributed by atoms with Crippen LogP contribution in [0.4, 0.5) is 0 Å². The number of ketones is 1. The van der Waals surface area contributed by atoms with Gasteiger partial charge < -0.3 is 0 Å². The highest BCUT2D eigenvalue weighted by Crippen LogP contribution is 2.04. The van der Waals surface area contributed by atoms with Crippen LogP contribution in [0.25, 0.3) is 0 Å². The van der Waals surface area contributed by atoms with E-state index in [0.29, 0.717) is 0 Å². The molecule has 2 heteroatoms. The van der Waals surface area contributed by atoms with Crippen molar-refractivity contribution in [3.05, 3.63) is 42.1 Å². The average molecular weight is 204 g/mol. The second-order valence-corrected chi connectivity index (χ2v) is 8.39. The summed E-state index contributed by atoms with van der Waals surface area (Å²) >= 11 is 0. The molecule has 0 heterocycles. The Hall–Kier alpha value is -1.15. The van der Waals surface area contributed by atoms with E-state index in [1.165, 1.54) is 5.19 Å². The van der Waals surface area contributed by atoms with Crippen LogP contribution < -0.4 is 5.19 Å². The highest BCUT2D eigenvalue weighted by molar-refractivity contribution is 6.94. The average Bonchev–Trinajstić information content (AvgIpc) is 2.16. The van der Waals surface area contributed by atoms with E-state index >= 15 is 0 Å². The first-order chi connectivity index (χ1) is 6.52. The van der Waals surface area contributed by atoms with Gasteiger partial charge in [-0.1, -0.05) is 54.3 Å². The normalized spacial score (nSPS) is 11.9. The molecular formula is C12H16OSi. The first-order valence-electron chi connectivity index (χ1n) is 4.78. The van der Waals surface area contributed by atoms with Gasteiger partial charge in [0.1, 0.15) is 8.07 Å². The predicted octanol–water partition coefficient (Wildman–Crippen LogP) is 2.29. The molecule has 0 aliphatic rings. The summed E-state index contributed by atoms with van der Waals surface area (Å²) in [5.41, 5.74) is 2.09. The smallest absolute Gasteiger partial charge is 0.151 e. The van der Waals surface area contributed by atoms with Crippen LogP contribution in [0.2, 0.25) is 13.1 Å². The number of hydrogen-bond donors (Lipinski definition) is 0. The van der Waals surface area contributed by atoms with Gasteiger partial charge in [-0.25, -0.2) is 0 Å². The van der Waals surface area contributed by atoms with Crippen LogP contribution in [-0.2, 0) is 4.79 Å². The van der Waals surface area contributed by atoms with E-state index in [-0.39, 0.29) is 5.78 Å². The first-order valence-corrected chi connectivity index (χ1v) is 7.85. The summed E-state index contributed by atoms with van der Waals surface area (Å²) in [5, 5.41) is 1.36. The molecule has 0 N–H and O–H groups in total. The second-order valence-electron chi connectivity index (χ2n) is 4.03. The Morgan fingerprint density at radius 3 is 2.29 bits per heavy atom. The Morgan fingerprint density at radius 1 is 1.21 bits per heavy atom. The van der Waals surface area contributed by atoms with Crippen molar-refractivity contribution >= 4 is 19.0 Å². The molecule has 0 spiro atoms. The predicted molar refractivity (Wildman–Crippen MR) is 63.4 cm³/mol. The summed E-state index contributed by atoms with van der Waals surface area (Å²) < 4.78 is 0. The van der Waals surface area contributed by atoms with E-state index in [1.54, 1.807) is 13.0 Å². The molecule has 0 aliphatic heterocycles. The summed E-state index contributed by atoms with van der Waals surface area (Å²) in [7, 11) is -1.54. The Morgan fingerprint density at radius 2 is 1.79 bits per heavy atom. The van der Waals surface area contributed by atoms with Gasteiger partial charge in [-0.15, -0.1) is 0 Å². The van der Waals surface area contributed by atoms with Gasteiger partial charge in [0.05, 0.1) is 0 Å². The van der Waals surface area contributed by atoms with Crippen molar-refractivity contribution in [3.63, 3.8) is 0 Å². The zero-order valence-corrected chi connectivity index (χ0v) is 9.95. The van der Waals surface area contributed by atoms with Crippen LogP contribution in [0.15, 0.2) is 42.1 Å². The quantitative estimate of drug-likeness (QED) is 0.545. The van der Waals surface area contributed by atoms with E-state index in [4.69, 9.17) is 0 Å². The van der Waals surface area contributed by atoms with Gasteiger partial charge >= 0.3 is 0 Å². The summed E-state index contributed by atoms with van der Waals surface area (Å²) in [6.45, 7) is 6.06. The number of allylic oxidation sites excluding steroid dienone is 1. The van der Waals surface area contributed by atoms with Crippen molar-refractivity contribution in [2.45, 2.75) is 20.0 Å². The van der Waals surface area contributed by atoms with Crippen molar-refractivity contribution in [3.8, 4) is 0 Å². The van der Waals surface area contributed by atoms with Crippen LogP contribution in [0.5, 0.6) is 0 Å².